The molecule has 21 heavy (non-hydrogen) atoms. The zero-order chi connectivity index (χ0) is 15.2. The predicted molar refractivity (Wildman–Crippen MR) is 79.0 cm³/mol. The Morgan fingerprint density at radius 1 is 1.43 bits per heavy atom. The molecule has 114 valence electrons. The molecular formula is C14H17ClN2O4. The van der Waals surface area contributed by atoms with E-state index < -0.39 is 5.97 Å². The highest BCUT2D eigenvalue weighted by Crippen LogP contribution is 2.20. The lowest BCUT2D eigenvalue weighted by Crippen LogP contribution is -2.35. The van der Waals surface area contributed by atoms with Crippen molar-refractivity contribution in [2.45, 2.75) is 12.8 Å². The van der Waals surface area contributed by atoms with Crippen molar-refractivity contribution in [1.29, 1.82) is 0 Å². The van der Waals surface area contributed by atoms with Crippen molar-refractivity contribution in [3.63, 3.8) is 0 Å². The van der Waals surface area contributed by atoms with Gasteiger partial charge in [0.05, 0.1) is 17.2 Å². The molecule has 0 aliphatic carbocycles. The summed E-state index contributed by atoms with van der Waals surface area (Å²) in [6, 6.07) is 3.95. The molecule has 0 spiro atoms. The van der Waals surface area contributed by atoms with Crippen molar-refractivity contribution in [2.75, 3.05) is 25.1 Å². The summed E-state index contributed by atoms with van der Waals surface area (Å²) in [5, 5.41) is 14.4. The summed E-state index contributed by atoms with van der Waals surface area (Å²) in [5.74, 6) is -0.812. The van der Waals surface area contributed by atoms with E-state index >= 15 is 0 Å². The molecule has 1 fully saturated rings. The highest BCUT2D eigenvalue weighted by molar-refractivity contribution is 6.33. The molecule has 0 aromatic heterocycles. The van der Waals surface area contributed by atoms with E-state index in [1.807, 2.05) is 0 Å². The van der Waals surface area contributed by atoms with Crippen LogP contribution in [0.25, 0.3) is 0 Å². The van der Waals surface area contributed by atoms with Gasteiger partial charge in [-0.3, -0.25) is 0 Å². The number of carbonyl (C=O) groups excluding carboxylic acids is 1. The number of halogens is 1. The third-order valence-corrected chi connectivity index (χ3v) is 3.59. The van der Waals surface area contributed by atoms with Crippen LogP contribution < -0.4 is 10.6 Å². The Bertz CT molecular complexity index is 530. The number of nitrogens with one attached hydrogen (secondary N) is 2. The standard InChI is InChI=1S/C14H17ClN2O4/c15-12-4-3-10(6-11(12)13(18)19)17-14(20)16-7-9-2-1-5-21-8-9/h3-4,6,9H,1-2,5,7-8H2,(H,18,19)(H2,16,17,20). The predicted octanol–water partition coefficient (Wildman–Crippen LogP) is 2.59. The molecule has 1 aliphatic rings. The third kappa shape index (κ3) is 4.61. The normalized spacial score (nSPS) is 18.0. The summed E-state index contributed by atoms with van der Waals surface area (Å²) in [6.07, 6.45) is 2.04. The van der Waals surface area contributed by atoms with Crippen LogP contribution in [-0.2, 0) is 4.74 Å². The van der Waals surface area contributed by atoms with Crippen molar-refractivity contribution in [1.82, 2.24) is 5.32 Å². The molecule has 1 saturated heterocycles. The number of rotatable bonds is 4. The lowest BCUT2D eigenvalue weighted by molar-refractivity contribution is 0.0559. The first kappa shape index (κ1) is 15.6. The molecule has 7 heteroatoms. The maximum Gasteiger partial charge on any atom is 0.337 e. The van der Waals surface area contributed by atoms with Gasteiger partial charge in [0.15, 0.2) is 0 Å². The third-order valence-electron chi connectivity index (χ3n) is 3.26. The van der Waals surface area contributed by atoms with Crippen LogP contribution >= 0.6 is 11.6 Å². The van der Waals surface area contributed by atoms with Gasteiger partial charge in [0, 0.05) is 18.8 Å². The van der Waals surface area contributed by atoms with Gasteiger partial charge < -0.3 is 20.5 Å². The first-order chi connectivity index (χ1) is 10.1. The molecule has 1 unspecified atom stereocenters. The summed E-state index contributed by atoms with van der Waals surface area (Å²) < 4.78 is 5.34. The summed E-state index contributed by atoms with van der Waals surface area (Å²) in [7, 11) is 0. The zero-order valence-electron chi connectivity index (χ0n) is 11.4. The first-order valence-electron chi connectivity index (χ1n) is 6.71. The average molecular weight is 313 g/mol. The van der Waals surface area contributed by atoms with E-state index in [0.717, 1.165) is 19.4 Å². The van der Waals surface area contributed by atoms with Gasteiger partial charge in [0.2, 0.25) is 0 Å². The number of urea groups is 1. The number of hydrogen-bond donors (Lipinski definition) is 3. The maximum absolute atomic E-state index is 11.8. The number of benzene rings is 1. The van der Waals surface area contributed by atoms with Crippen molar-refractivity contribution < 1.29 is 19.4 Å². The Balaban J connectivity index is 1.87. The van der Waals surface area contributed by atoms with Gasteiger partial charge in [0.1, 0.15) is 0 Å². The molecule has 3 N–H and O–H groups in total. The van der Waals surface area contributed by atoms with Crippen molar-refractivity contribution in [3.05, 3.63) is 28.8 Å². The minimum atomic E-state index is -1.14. The van der Waals surface area contributed by atoms with Crippen LogP contribution in [0.3, 0.4) is 0 Å². The van der Waals surface area contributed by atoms with Gasteiger partial charge in [-0.25, -0.2) is 9.59 Å². The van der Waals surface area contributed by atoms with Crippen LogP contribution in [0.5, 0.6) is 0 Å². The Labute approximate surface area is 127 Å². The summed E-state index contributed by atoms with van der Waals surface area (Å²) in [5.41, 5.74) is 0.337. The number of anilines is 1. The molecule has 1 heterocycles. The lowest BCUT2D eigenvalue weighted by atomic mass is 10.0. The van der Waals surface area contributed by atoms with E-state index in [4.69, 9.17) is 21.4 Å². The van der Waals surface area contributed by atoms with Crippen molar-refractivity contribution in [3.8, 4) is 0 Å². The topological polar surface area (TPSA) is 87.7 Å². The second kappa shape index (κ2) is 7.28. The Morgan fingerprint density at radius 3 is 2.90 bits per heavy atom. The van der Waals surface area contributed by atoms with Crippen LogP contribution in [0.15, 0.2) is 18.2 Å². The van der Waals surface area contributed by atoms with Crippen molar-refractivity contribution in [2.24, 2.45) is 5.92 Å². The van der Waals surface area contributed by atoms with Gasteiger partial charge in [-0.15, -0.1) is 0 Å². The molecule has 1 atom stereocenters. The number of ether oxygens (including phenoxy) is 1. The number of aromatic carboxylic acids is 1. The highest BCUT2D eigenvalue weighted by Gasteiger charge is 2.15. The zero-order valence-corrected chi connectivity index (χ0v) is 12.2. The molecule has 2 amide bonds. The Hall–Kier alpha value is -1.79. The summed E-state index contributed by atoms with van der Waals surface area (Å²) in [4.78, 5) is 22.7. The van der Waals surface area contributed by atoms with E-state index in [1.54, 1.807) is 6.07 Å². The number of carboxylic acids is 1. The van der Waals surface area contributed by atoms with E-state index in [0.29, 0.717) is 24.8 Å². The quantitative estimate of drug-likeness (QED) is 0.797. The lowest BCUT2D eigenvalue weighted by Gasteiger charge is -2.22. The second-order valence-corrected chi connectivity index (χ2v) is 5.33. The van der Waals surface area contributed by atoms with E-state index in [-0.39, 0.29) is 16.6 Å². The SMILES string of the molecule is O=C(NCC1CCCOC1)Nc1ccc(Cl)c(C(=O)O)c1. The van der Waals surface area contributed by atoms with Crippen LogP contribution in [0.1, 0.15) is 23.2 Å². The maximum atomic E-state index is 11.8. The fraction of sp³-hybridized carbons (Fsp3) is 0.429. The molecule has 0 radical (unpaired) electrons. The fourth-order valence-corrected chi connectivity index (χ4v) is 2.35. The summed E-state index contributed by atoms with van der Waals surface area (Å²) >= 11 is 5.77. The van der Waals surface area contributed by atoms with Crippen LogP contribution in [0, 0.1) is 5.92 Å². The number of amides is 2. The van der Waals surface area contributed by atoms with Crippen LogP contribution in [-0.4, -0.2) is 36.9 Å². The van der Waals surface area contributed by atoms with E-state index in [1.165, 1.54) is 12.1 Å². The monoisotopic (exact) mass is 312 g/mol. The first-order valence-corrected chi connectivity index (χ1v) is 7.09. The van der Waals surface area contributed by atoms with E-state index in [2.05, 4.69) is 10.6 Å². The van der Waals surface area contributed by atoms with E-state index in [9.17, 15) is 9.59 Å². The fourth-order valence-electron chi connectivity index (χ4n) is 2.15. The van der Waals surface area contributed by atoms with Crippen LogP contribution in [0.4, 0.5) is 10.5 Å². The highest BCUT2D eigenvalue weighted by atomic mass is 35.5. The second-order valence-electron chi connectivity index (χ2n) is 4.92. The molecule has 0 bridgehead atoms. The molecule has 1 aliphatic heterocycles. The molecule has 1 aromatic carbocycles. The summed E-state index contributed by atoms with van der Waals surface area (Å²) in [6.45, 7) is 1.97. The molecule has 6 nitrogen and oxygen atoms in total. The Morgan fingerprint density at radius 2 is 2.24 bits per heavy atom. The largest absolute Gasteiger partial charge is 0.478 e. The van der Waals surface area contributed by atoms with Gasteiger partial charge in [-0.05, 0) is 37.0 Å². The van der Waals surface area contributed by atoms with Gasteiger partial charge >= 0.3 is 12.0 Å². The Kier molecular flexibility index (Phi) is 5.41. The number of carboxylic acid groups (broad SMARTS) is 1. The number of hydrogen-bond acceptors (Lipinski definition) is 3. The minimum Gasteiger partial charge on any atom is -0.478 e. The van der Waals surface area contributed by atoms with Crippen molar-refractivity contribution >= 4 is 29.3 Å². The van der Waals surface area contributed by atoms with Gasteiger partial charge in [0.25, 0.3) is 0 Å². The minimum absolute atomic E-state index is 0.0462. The van der Waals surface area contributed by atoms with Gasteiger partial charge in [-0.1, -0.05) is 11.6 Å². The van der Waals surface area contributed by atoms with Crippen LogP contribution in [0.2, 0.25) is 5.02 Å². The van der Waals surface area contributed by atoms with Gasteiger partial charge in [-0.2, -0.15) is 0 Å². The molecule has 0 saturated carbocycles. The smallest absolute Gasteiger partial charge is 0.337 e. The molecule has 1 aromatic rings. The number of carbonyl (C=O) groups is 2. The molecular weight excluding hydrogens is 296 g/mol. The average Bonchev–Trinajstić information content (AvgIpc) is 2.48. The molecule has 2 rings (SSSR count).